The summed E-state index contributed by atoms with van der Waals surface area (Å²) in [6, 6.07) is 4.88. The number of ether oxygens (including phenoxy) is 1. The van der Waals surface area contributed by atoms with E-state index in [0.717, 1.165) is 5.56 Å². The van der Waals surface area contributed by atoms with Crippen molar-refractivity contribution in [2.45, 2.75) is 19.0 Å². The molecule has 0 spiro atoms. The second-order valence-corrected chi connectivity index (χ2v) is 4.16. The highest BCUT2D eigenvalue weighted by Gasteiger charge is 2.19. The monoisotopic (exact) mass is 226 g/mol. The van der Waals surface area contributed by atoms with Crippen molar-refractivity contribution in [3.63, 3.8) is 0 Å². The van der Waals surface area contributed by atoms with Crippen molar-refractivity contribution in [1.29, 1.82) is 0 Å². The molecule has 0 saturated heterocycles. The first-order chi connectivity index (χ1) is 7.47. The van der Waals surface area contributed by atoms with Gasteiger partial charge in [0.25, 0.3) is 0 Å². The van der Waals surface area contributed by atoms with E-state index >= 15 is 0 Å². The molecule has 1 aromatic carbocycles. The molecule has 4 heteroatoms. The van der Waals surface area contributed by atoms with Gasteiger partial charge in [0.1, 0.15) is 0 Å². The molecule has 0 aliphatic carbocycles. The Kier molecular flexibility index (Phi) is 4.26. The minimum atomic E-state index is -0.354. The van der Waals surface area contributed by atoms with Crippen molar-refractivity contribution in [2.75, 3.05) is 21.2 Å². The smallest absolute Gasteiger partial charge is 0.165 e. The van der Waals surface area contributed by atoms with E-state index in [1.54, 1.807) is 6.07 Å². The molecule has 0 amide bonds. The molecule has 0 aliphatic heterocycles. The topological polar surface area (TPSA) is 38.5 Å². The van der Waals surface area contributed by atoms with E-state index in [-0.39, 0.29) is 23.7 Å². The van der Waals surface area contributed by atoms with Gasteiger partial charge >= 0.3 is 0 Å². The predicted octanol–water partition coefficient (Wildman–Crippen LogP) is 1.78. The highest BCUT2D eigenvalue weighted by molar-refractivity contribution is 5.31. The minimum Gasteiger partial charge on any atom is -0.494 e. The molecule has 2 unspecified atom stereocenters. The summed E-state index contributed by atoms with van der Waals surface area (Å²) >= 11 is 0. The fourth-order valence-corrected chi connectivity index (χ4v) is 1.94. The summed E-state index contributed by atoms with van der Waals surface area (Å²) in [6.07, 6.45) is 0. The lowest BCUT2D eigenvalue weighted by molar-refractivity contribution is 0.265. The molecule has 16 heavy (non-hydrogen) atoms. The Hall–Kier alpha value is -1.13. The maximum absolute atomic E-state index is 13.6. The van der Waals surface area contributed by atoms with Gasteiger partial charge in [-0.3, -0.25) is 0 Å². The molecule has 0 fully saturated rings. The maximum atomic E-state index is 13.6. The number of benzene rings is 1. The summed E-state index contributed by atoms with van der Waals surface area (Å²) in [5.74, 6) is -0.0987. The number of rotatable bonds is 4. The predicted molar refractivity (Wildman–Crippen MR) is 63.0 cm³/mol. The van der Waals surface area contributed by atoms with Crippen LogP contribution in [0.1, 0.15) is 18.5 Å². The van der Waals surface area contributed by atoms with Crippen LogP contribution in [0.25, 0.3) is 0 Å². The van der Waals surface area contributed by atoms with Crippen LogP contribution in [0.2, 0.25) is 0 Å². The van der Waals surface area contributed by atoms with E-state index in [4.69, 9.17) is 10.5 Å². The van der Waals surface area contributed by atoms with E-state index in [0.29, 0.717) is 0 Å². The number of hydrogen-bond acceptors (Lipinski definition) is 3. The number of halogens is 1. The standard InChI is InChI=1S/C12H19FN2O/c1-8(14)12(15(2)3)9-5-6-11(16-4)10(13)7-9/h5-8,12H,14H2,1-4H3. The van der Waals surface area contributed by atoms with Crippen LogP contribution in [-0.4, -0.2) is 32.1 Å². The molecule has 0 radical (unpaired) electrons. The summed E-state index contributed by atoms with van der Waals surface area (Å²) in [5.41, 5.74) is 6.75. The fraction of sp³-hybridized carbons (Fsp3) is 0.500. The van der Waals surface area contributed by atoms with Crippen molar-refractivity contribution < 1.29 is 9.13 Å². The van der Waals surface area contributed by atoms with Crippen molar-refractivity contribution in [3.05, 3.63) is 29.6 Å². The summed E-state index contributed by atoms with van der Waals surface area (Å²) in [6.45, 7) is 1.91. The van der Waals surface area contributed by atoms with Gasteiger partial charge in [0.2, 0.25) is 0 Å². The molecular weight excluding hydrogens is 207 g/mol. The first-order valence-corrected chi connectivity index (χ1v) is 5.22. The molecule has 0 heterocycles. The second-order valence-electron chi connectivity index (χ2n) is 4.16. The van der Waals surface area contributed by atoms with Gasteiger partial charge in [0.15, 0.2) is 11.6 Å². The van der Waals surface area contributed by atoms with Gasteiger partial charge in [-0.1, -0.05) is 6.07 Å². The van der Waals surface area contributed by atoms with E-state index < -0.39 is 0 Å². The Balaban J connectivity index is 3.07. The Morgan fingerprint density at radius 1 is 1.38 bits per heavy atom. The first-order valence-electron chi connectivity index (χ1n) is 5.22. The molecule has 0 aliphatic rings. The quantitative estimate of drug-likeness (QED) is 0.850. The number of likely N-dealkylation sites (N-methyl/N-ethyl adjacent to an activating group) is 1. The minimum absolute atomic E-state index is 0.000376. The van der Waals surface area contributed by atoms with Crippen LogP contribution in [-0.2, 0) is 0 Å². The zero-order valence-electron chi connectivity index (χ0n) is 10.2. The van der Waals surface area contributed by atoms with E-state index in [1.165, 1.54) is 13.2 Å². The van der Waals surface area contributed by atoms with Crippen LogP contribution in [0, 0.1) is 5.82 Å². The van der Waals surface area contributed by atoms with E-state index in [9.17, 15) is 4.39 Å². The lowest BCUT2D eigenvalue weighted by Gasteiger charge is -2.28. The largest absolute Gasteiger partial charge is 0.494 e. The van der Waals surface area contributed by atoms with Crippen molar-refractivity contribution in [2.24, 2.45) is 5.73 Å². The summed E-state index contributed by atoms with van der Waals surface area (Å²) < 4.78 is 18.4. The van der Waals surface area contributed by atoms with Gasteiger partial charge in [0, 0.05) is 12.1 Å². The molecule has 2 N–H and O–H groups in total. The third-order valence-corrected chi connectivity index (χ3v) is 2.57. The Labute approximate surface area is 96.0 Å². The van der Waals surface area contributed by atoms with Crippen LogP contribution in [0.5, 0.6) is 5.75 Å². The van der Waals surface area contributed by atoms with Crippen LogP contribution in [0.3, 0.4) is 0 Å². The average molecular weight is 226 g/mol. The van der Waals surface area contributed by atoms with Crippen molar-refractivity contribution >= 4 is 0 Å². The third-order valence-electron chi connectivity index (χ3n) is 2.57. The molecular formula is C12H19FN2O. The maximum Gasteiger partial charge on any atom is 0.165 e. The lowest BCUT2D eigenvalue weighted by Crippen LogP contribution is -2.35. The van der Waals surface area contributed by atoms with E-state index in [1.807, 2.05) is 32.0 Å². The van der Waals surface area contributed by atoms with Crippen LogP contribution < -0.4 is 10.5 Å². The summed E-state index contributed by atoms with van der Waals surface area (Å²) in [4.78, 5) is 1.98. The average Bonchev–Trinajstić information content (AvgIpc) is 2.16. The zero-order chi connectivity index (χ0) is 12.3. The Morgan fingerprint density at radius 2 is 2.00 bits per heavy atom. The first kappa shape index (κ1) is 12.9. The molecule has 0 aromatic heterocycles. The molecule has 0 bridgehead atoms. The molecule has 1 aromatic rings. The van der Waals surface area contributed by atoms with Gasteiger partial charge in [0.05, 0.1) is 7.11 Å². The van der Waals surface area contributed by atoms with Gasteiger partial charge in [-0.15, -0.1) is 0 Å². The van der Waals surface area contributed by atoms with Crippen LogP contribution in [0.4, 0.5) is 4.39 Å². The van der Waals surface area contributed by atoms with Gasteiger partial charge in [-0.25, -0.2) is 4.39 Å². The number of methoxy groups -OCH3 is 1. The summed E-state index contributed by atoms with van der Waals surface area (Å²) in [7, 11) is 5.30. The number of hydrogen-bond donors (Lipinski definition) is 1. The van der Waals surface area contributed by atoms with E-state index in [2.05, 4.69) is 0 Å². The van der Waals surface area contributed by atoms with Crippen molar-refractivity contribution in [3.8, 4) is 5.75 Å². The Morgan fingerprint density at radius 3 is 2.38 bits per heavy atom. The third kappa shape index (κ3) is 2.71. The van der Waals surface area contributed by atoms with Crippen molar-refractivity contribution in [1.82, 2.24) is 4.90 Å². The lowest BCUT2D eigenvalue weighted by atomic mass is 10.00. The highest BCUT2D eigenvalue weighted by atomic mass is 19.1. The SMILES string of the molecule is COc1ccc(C(C(C)N)N(C)C)cc1F. The zero-order valence-corrected chi connectivity index (χ0v) is 10.2. The highest BCUT2D eigenvalue weighted by Crippen LogP contribution is 2.25. The summed E-state index contributed by atoms with van der Waals surface area (Å²) in [5, 5.41) is 0. The van der Waals surface area contributed by atoms with Crippen LogP contribution in [0.15, 0.2) is 18.2 Å². The molecule has 2 atom stereocenters. The molecule has 0 saturated carbocycles. The second kappa shape index (κ2) is 5.27. The number of nitrogens with zero attached hydrogens (tertiary/aromatic N) is 1. The van der Waals surface area contributed by atoms with Gasteiger partial charge < -0.3 is 15.4 Å². The molecule has 1 rings (SSSR count). The fourth-order valence-electron chi connectivity index (χ4n) is 1.94. The number of nitrogens with two attached hydrogens (primary N) is 1. The van der Waals surface area contributed by atoms with Gasteiger partial charge in [-0.2, -0.15) is 0 Å². The van der Waals surface area contributed by atoms with Crippen LogP contribution >= 0.6 is 0 Å². The van der Waals surface area contributed by atoms with Gasteiger partial charge in [-0.05, 0) is 38.7 Å². The molecule has 3 nitrogen and oxygen atoms in total. The molecule has 90 valence electrons. The normalized spacial score (nSPS) is 14.9. The Bertz CT molecular complexity index is 345.